The Hall–Kier alpha value is -4.84. The maximum absolute atomic E-state index is 14.0. The van der Waals surface area contributed by atoms with Gasteiger partial charge in [-0.15, -0.1) is 0 Å². The number of nitrogen functional groups attached to an aromatic ring is 1. The molecule has 11 nitrogen and oxygen atoms in total. The number of anilines is 2. The summed E-state index contributed by atoms with van der Waals surface area (Å²) in [6.45, 7) is 1.40. The van der Waals surface area contributed by atoms with E-state index < -0.39 is 36.3 Å². The van der Waals surface area contributed by atoms with Crippen LogP contribution in [0.3, 0.4) is 0 Å². The largest absolute Gasteiger partial charge is 0.465 e. The average molecular weight is 533 g/mol. The summed E-state index contributed by atoms with van der Waals surface area (Å²) in [5, 5.41) is 3.31. The monoisotopic (exact) mass is 532 g/mol. The highest BCUT2D eigenvalue weighted by Gasteiger charge is 2.36. The van der Waals surface area contributed by atoms with E-state index in [2.05, 4.69) is 14.7 Å². The summed E-state index contributed by atoms with van der Waals surface area (Å²) in [5.41, 5.74) is 12.5. The number of pyridine rings is 1. The number of ether oxygens (including phenoxy) is 1. The third kappa shape index (κ3) is 5.44. The predicted octanol–water partition coefficient (Wildman–Crippen LogP) is 2.44. The van der Waals surface area contributed by atoms with Gasteiger partial charge in [-0.25, -0.2) is 0 Å². The van der Waals surface area contributed by atoms with Crippen LogP contribution < -0.4 is 21.7 Å². The zero-order valence-electron chi connectivity index (χ0n) is 20.3. The number of para-hydroxylation sites is 1. The molecule has 2 aromatic carbocycles. The number of benzene rings is 2. The second-order valence-corrected chi connectivity index (χ2v) is 8.80. The summed E-state index contributed by atoms with van der Waals surface area (Å²) in [7, 11) is 0. The lowest BCUT2D eigenvalue weighted by Gasteiger charge is -2.31. The van der Waals surface area contributed by atoms with Crippen LogP contribution in [0.1, 0.15) is 38.7 Å². The summed E-state index contributed by atoms with van der Waals surface area (Å²) in [4.78, 5) is 56.9. The number of hydrogen-bond donors (Lipinski definition) is 3. The molecule has 0 aliphatic heterocycles. The number of fused-ring (bicyclic) bond motifs is 1. The average Bonchev–Trinajstić information content (AvgIpc) is 3.32. The molecule has 0 saturated carbocycles. The van der Waals surface area contributed by atoms with Gasteiger partial charge in [0.05, 0.1) is 17.8 Å². The number of aromatic nitrogens is 2. The molecule has 3 amide bonds. The van der Waals surface area contributed by atoms with Crippen LogP contribution in [0.15, 0.2) is 66.9 Å². The molecule has 12 heteroatoms. The maximum atomic E-state index is 14.0. The summed E-state index contributed by atoms with van der Waals surface area (Å²) >= 11 is 0.704. The van der Waals surface area contributed by atoms with Crippen molar-refractivity contribution in [3.05, 3.63) is 83.0 Å². The maximum Gasteiger partial charge on any atom is 0.325 e. The Bertz CT molecular complexity index is 1510. The molecule has 1 atom stereocenters. The van der Waals surface area contributed by atoms with Gasteiger partial charge in [-0.2, -0.15) is 4.37 Å². The molecule has 5 N–H and O–H groups in total. The highest BCUT2D eigenvalue weighted by molar-refractivity contribution is 7.09. The molecule has 0 unspecified atom stereocenters. The molecule has 2 heterocycles. The van der Waals surface area contributed by atoms with E-state index >= 15 is 0 Å². The van der Waals surface area contributed by atoms with Crippen LogP contribution in [-0.4, -0.2) is 46.2 Å². The van der Waals surface area contributed by atoms with Crippen LogP contribution in [0.2, 0.25) is 0 Å². The van der Waals surface area contributed by atoms with E-state index in [9.17, 15) is 19.2 Å². The molecule has 4 rings (SSSR count). The Morgan fingerprint density at radius 2 is 1.84 bits per heavy atom. The van der Waals surface area contributed by atoms with Gasteiger partial charge in [-0.3, -0.25) is 29.1 Å². The van der Waals surface area contributed by atoms with Crippen LogP contribution in [-0.2, 0) is 14.3 Å². The first-order chi connectivity index (χ1) is 18.3. The Balaban J connectivity index is 1.86. The number of nitrogens with one attached hydrogen (secondary N) is 1. The molecule has 4 aromatic rings. The van der Waals surface area contributed by atoms with Crippen molar-refractivity contribution in [1.29, 1.82) is 0 Å². The highest BCUT2D eigenvalue weighted by Crippen LogP contribution is 2.33. The highest BCUT2D eigenvalue weighted by atomic mass is 32.1. The van der Waals surface area contributed by atoms with Gasteiger partial charge >= 0.3 is 5.97 Å². The van der Waals surface area contributed by atoms with Gasteiger partial charge in [-0.1, -0.05) is 30.3 Å². The van der Waals surface area contributed by atoms with Gasteiger partial charge < -0.3 is 21.5 Å². The van der Waals surface area contributed by atoms with E-state index in [1.807, 2.05) is 6.07 Å². The van der Waals surface area contributed by atoms with Gasteiger partial charge in [0.1, 0.15) is 17.5 Å². The Morgan fingerprint density at radius 3 is 2.53 bits per heavy atom. The number of nitrogens with two attached hydrogens (primary N) is 2. The minimum absolute atomic E-state index is 0.0618. The van der Waals surface area contributed by atoms with Crippen LogP contribution in [0.4, 0.5) is 11.4 Å². The number of rotatable bonds is 9. The lowest BCUT2D eigenvalue weighted by molar-refractivity contribution is -0.143. The van der Waals surface area contributed by atoms with Crippen molar-refractivity contribution in [3.8, 4) is 0 Å². The molecular weight excluding hydrogens is 508 g/mol. The second kappa shape index (κ2) is 11.5. The third-order valence-electron chi connectivity index (χ3n) is 5.57. The Labute approximate surface area is 221 Å². The van der Waals surface area contributed by atoms with Gasteiger partial charge in [0, 0.05) is 17.3 Å². The van der Waals surface area contributed by atoms with Crippen LogP contribution >= 0.6 is 11.5 Å². The lowest BCUT2D eigenvalue weighted by atomic mass is 10.00. The van der Waals surface area contributed by atoms with Crippen molar-refractivity contribution >= 4 is 57.5 Å². The number of carbonyl (C=O) groups is 4. The number of carbonyl (C=O) groups excluding carboxylic acids is 4. The van der Waals surface area contributed by atoms with E-state index in [1.165, 1.54) is 4.90 Å². The quantitative estimate of drug-likeness (QED) is 0.276. The van der Waals surface area contributed by atoms with E-state index in [1.54, 1.807) is 67.7 Å². The summed E-state index contributed by atoms with van der Waals surface area (Å²) in [5.74, 6) is -2.83. The number of esters is 1. The third-order valence-corrected chi connectivity index (χ3v) is 6.42. The minimum Gasteiger partial charge on any atom is -0.465 e. The first-order valence-electron chi connectivity index (χ1n) is 11.5. The zero-order valence-corrected chi connectivity index (χ0v) is 21.1. The van der Waals surface area contributed by atoms with Gasteiger partial charge in [-0.05, 0) is 54.4 Å². The van der Waals surface area contributed by atoms with E-state index in [4.69, 9.17) is 16.2 Å². The van der Waals surface area contributed by atoms with Crippen molar-refractivity contribution < 1.29 is 23.9 Å². The molecule has 0 radical (unpaired) electrons. The summed E-state index contributed by atoms with van der Waals surface area (Å²) in [6.07, 6.45) is 1.65. The molecule has 0 spiro atoms. The molecule has 2 aromatic heterocycles. The first-order valence-corrected chi connectivity index (χ1v) is 12.3. The van der Waals surface area contributed by atoms with Crippen LogP contribution in [0.25, 0.3) is 10.9 Å². The number of hydrogen-bond acceptors (Lipinski definition) is 9. The standard InChI is InChI=1S/C26H24N6O5S/c1-2-37-19(33)14-30-25(35)22(16-10-11-18-15(13-16)7-6-12-29-18)32(17-8-4-3-5-9-17)26(36)23-20(27)21(24(28)34)31-38-23/h3-13,22H,2,14,27H2,1H3,(H2,28,34)(H,30,35)/t22-/m0/s1. The van der Waals surface area contributed by atoms with Gasteiger partial charge in [0.2, 0.25) is 5.91 Å². The van der Waals surface area contributed by atoms with Crippen molar-refractivity contribution in [1.82, 2.24) is 14.7 Å². The lowest BCUT2D eigenvalue weighted by Crippen LogP contribution is -2.45. The van der Waals surface area contributed by atoms with Crippen molar-refractivity contribution in [2.45, 2.75) is 13.0 Å². The normalized spacial score (nSPS) is 11.5. The molecule has 194 valence electrons. The number of amides is 3. The van der Waals surface area contributed by atoms with E-state index in [0.717, 1.165) is 5.39 Å². The van der Waals surface area contributed by atoms with E-state index in [-0.39, 0.29) is 22.9 Å². The zero-order chi connectivity index (χ0) is 27.2. The molecule has 38 heavy (non-hydrogen) atoms. The van der Waals surface area contributed by atoms with Gasteiger partial charge in [0.25, 0.3) is 11.8 Å². The molecular formula is C26H24N6O5S. The summed E-state index contributed by atoms with van der Waals surface area (Å²) in [6, 6.07) is 16.0. The Kier molecular flexibility index (Phi) is 7.92. The molecule has 0 aliphatic carbocycles. The fourth-order valence-electron chi connectivity index (χ4n) is 3.86. The summed E-state index contributed by atoms with van der Waals surface area (Å²) < 4.78 is 8.86. The number of primary amides is 1. The van der Waals surface area contributed by atoms with Crippen LogP contribution in [0.5, 0.6) is 0 Å². The van der Waals surface area contributed by atoms with Crippen molar-refractivity contribution in [2.24, 2.45) is 5.73 Å². The molecule has 0 bridgehead atoms. The smallest absolute Gasteiger partial charge is 0.325 e. The first kappa shape index (κ1) is 26.2. The van der Waals surface area contributed by atoms with E-state index in [0.29, 0.717) is 28.3 Å². The SMILES string of the molecule is CCOC(=O)CNC(=O)[C@H](c1ccc2ncccc2c1)N(C(=O)c1snc(C(N)=O)c1N)c1ccccc1. The van der Waals surface area contributed by atoms with Gasteiger partial charge in [0.15, 0.2) is 5.69 Å². The van der Waals surface area contributed by atoms with Crippen molar-refractivity contribution in [3.63, 3.8) is 0 Å². The van der Waals surface area contributed by atoms with Crippen LogP contribution in [0, 0.1) is 0 Å². The minimum atomic E-state index is -1.25. The number of nitrogens with zero attached hydrogens (tertiary/aromatic N) is 3. The van der Waals surface area contributed by atoms with Crippen molar-refractivity contribution in [2.75, 3.05) is 23.8 Å². The topological polar surface area (TPSA) is 171 Å². The second-order valence-electron chi connectivity index (χ2n) is 8.03. The molecule has 0 saturated heterocycles. The molecule has 0 fully saturated rings. The fraction of sp³-hybridized carbons (Fsp3) is 0.154. The Morgan fingerprint density at radius 1 is 1.08 bits per heavy atom. The fourth-order valence-corrected chi connectivity index (χ4v) is 4.60. The molecule has 0 aliphatic rings. The predicted molar refractivity (Wildman–Crippen MR) is 142 cm³/mol.